The van der Waals surface area contributed by atoms with Gasteiger partial charge in [-0.3, -0.25) is 0 Å². The predicted octanol–water partition coefficient (Wildman–Crippen LogP) is 3.29. The zero-order chi connectivity index (χ0) is 14.0. The van der Waals surface area contributed by atoms with Crippen molar-refractivity contribution in [3.05, 3.63) is 16.5 Å². The summed E-state index contributed by atoms with van der Waals surface area (Å²) in [6, 6.07) is 0. The van der Waals surface area contributed by atoms with Crippen LogP contribution in [0.4, 0.5) is 0 Å². The summed E-state index contributed by atoms with van der Waals surface area (Å²) in [7, 11) is 0. The Morgan fingerprint density at radius 2 is 1.84 bits per heavy atom. The van der Waals surface area contributed by atoms with Gasteiger partial charge in [-0.2, -0.15) is 4.98 Å². The van der Waals surface area contributed by atoms with Crippen molar-refractivity contribution in [1.82, 2.24) is 9.97 Å². The molecule has 2 heterocycles. The Kier molecular flexibility index (Phi) is 4.31. The molecule has 0 aromatic carbocycles. The quantitative estimate of drug-likeness (QED) is 0.782. The summed E-state index contributed by atoms with van der Waals surface area (Å²) < 4.78 is 11.3. The highest BCUT2D eigenvalue weighted by Crippen LogP contribution is 2.28. The molecule has 0 atom stereocenters. The first-order valence-electron chi connectivity index (χ1n) is 6.67. The molecule has 0 amide bonds. The molecule has 5 heteroatoms. The fraction of sp³-hybridized carbons (Fsp3) is 0.714. The molecule has 4 nitrogen and oxygen atoms in total. The molecule has 1 aromatic rings. The lowest BCUT2D eigenvalue weighted by molar-refractivity contribution is 0.0232. The van der Waals surface area contributed by atoms with E-state index in [9.17, 15) is 0 Å². The van der Waals surface area contributed by atoms with Crippen LogP contribution in [-0.4, -0.2) is 29.3 Å². The third kappa shape index (κ3) is 3.57. The normalized spacial score (nSPS) is 17.5. The highest BCUT2D eigenvalue weighted by Gasteiger charge is 2.23. The van der Waals surface area contributed by atoms with Crippen LogP contribution in [0.2, 0.25) is 5.15 Å². The van der Waals surface area contributed by atoms with Crippen molar-refractivity contribution < 1.29 is 9.47 Å². The van der Waals surface area contributed by atoms with Crippen LogP contribution in [0.1, 0.15) is 45.0 Å². The average Bonchev–Trinajstić information content (AvgIpc) is 2.34. The van der Waals surface area contributed by atoms with E-state index < -0.39 is 0 Å². The number of ether oxygens (including phenoxy) is 2. The largest absolute Gasteiger partial charge is 0.474 e. The van der Waals surface area contributed by atoms with Crippen LogP contribution in [0.3, 0.4) is 0 Å². The molecular formula is C14H21ClN2O2. The van der Waals surface area contributed by atoms with Crippen LogP contribution in [0.25, 0.3) is 0 Å². The first-order valence-corrected chi connectivity index (χ1v) is 7.05. The number of nitrogens with zero attached hydrogens (tertiary/aromatic N) is 2. The first kappa shape index (κ1) is 14.5. The molecule has 2 rings (SSSR count). The summed E-state index contributed by atoms with van der Waals surface area (Å²) in [5.74, 6) is 1.32. The molecule has 1 aliphatic heterocycles. The van der Waals surface area contributed by atoms with Crippen LogP contribution < -0.4 is 4.74 Å². The molecule has 1 aromatic heterocycles. The minimum atomic E-state index is -0.148. The van der Waals surface area contributed by atoms with Crippen LogP contribution in [0, 0.1) is 6.92 Å². The maximum Gasteiger partial charge on any atom is 0.221 e. The molecule has 1 aliphatic rings. The second-order valence-corrected chi connectivity index (χ2v) is 6.31. The Bertz CT molecular complexity index is 451. The number of aromatic nitrogens is 2. The van der Waals surface area contributed by atoms with E-state index in [2.05, 4.69) is 30.7 Å². The molecule has 1 fully saturated rings. The van der Waals surface area contributed by atoms with E-state index in [-0.39, 0.29) is 11.5 Å². The van der Waals surface area contributed by atoms with Crippen molar-refractivity contribution in [2.75, 3.05) is 13.2 Å². The van der Waals surface area contributed by atoms with E-state index in [4.69, 9.17) is 21.1 Å². The lowest BCUT2D eigenvalue weighted by atomic mass is 9.96. The van der Waals surface area contributed by atoms with Gasteiger partial charge < -0.3 is 9.47 Å². The summed E-state index contributed by atoms with van der Waals surface area (Å²) in [6.45, 7) is 9.57. The number of rotatable bonds is 2. The van der Waals surface area contributed by atoms with E-state index >= 15 is 0 Å². The zero-order valence-electron chi connectivity index (χ0n) is 12.0. The summed E-state index contributed by atoms with van der Waals surface area (Å²) in [4.78, 5) is 8.89. The molecule has 0 bridgehead atoms. The van der Waals surface area contributed by atoms with Crippen molar-refractivity contribution in [3.8, 4) is 5.88 Å². The van der Waals surface area contributed by atoms with Gasteiger partial charge in [-0.05, 0) is 6.92 Å². The summed E-state index contributed by atoms with van der Waals surface area (Å²) in [5.41, 5.74) is 0.659. The minimum absolute atomic E-state index is 0.148. The average molecular weight is 285 g/mol. The molecule has 0 radical (unpaired) electrons. The third-order valence-electron chi connectivity index (χ3n) is 3.16. The van der Waals surface area contributed by atoms with Crippen molar-refractivity contribution >= 4 is 11.6 Å². The molecule has 19 heavy (non-hydrogen) atoms. The van der Waals surface area contributed by atoms with Crippen LogP contribution >= 0.6 is 11.6 Å². The number of hydrogen-bond donors (Lipinski definition) is 0. The van der Waals surface area contributed by atoms with Gasteiger partial charge in [0.15, 0.2) is 0 Å². The molecule has 1 saturated heterocycles. The molecule has 0 saturated carbocycles. The van der Waals surface area contributed by atoms with Crippen molar-refractivity contribution in [2.24, 2.45) is 0 Å². The fourth-order valence-corrected chi connectivity index (χ4v) is 2.03. The van der Waals surface area contributed by atoms with E-state index in [0.717, 1.165) is 31.6 Å². The standard InChI is InChI=1S/C14H21ClN2O2/c1-9-11(15)16-13(14(2,3)4)17-12(9)19-10-5-7-18-8-6-10/h10H,5-8H2,1-4H3. The lowest BCUT2D eigenvalue weighted by Gasteiger charge is -2.25. The van der Waals surface area contributed by atoms with Gasteiger partial charge in [0.2, 0.25) is 5.88 Å². The topological polar surface area (TPSA) is 44.2 Å². The van der Waals surface area contributed by atoms with Crippen LogP contribution in [0.15, 0.2) is 0 Å². The summed E-state index contributed by atoms with van der Waals surface area (Å²) in [6.07, 6.45) is 1.95. The molecule has 0 unspecified atom stereocenters. The molecule has 0 spiro atoms. The van der Waals surface area contributed by atoms with Gasteiger partial charge in [0.05, 0.1) is 13.2 Å². The Balaban J connectivity index is 2.25. The maximum atomic E-state index is 6.19. The van der Waals surface area contributed by atoms with Gasteiger partial charge in [-0.15, -0.1) is 0 Å². The van der Waals surface area contributed by atoms with Gasteiger partial charge in [0, 0.05) is 23.8 Å². The predicted molar refractivity (Wildman–Crippen MR) is 74.9 cm³/mol. The number of halogens is 1. The molecule has 106 valence electrons. The van der Waals surface area contributed by atoms with E-state index in [1.807, 2.05) is 6.92 Å². The fourth-order valence-electron chi connectivity index (χ4n) is 1.87. The number of hydrogen-bond acceptors (Lipinski definition) is 4. The van der Waals surface area contributed by atoms with Gasteiger partial charge >= 0.3 is 0 Å². The highest BCUT2D eigenvalue weighted by atomic mass is 35.5. The van der Waals surface area contributed by atoms with Crippen LogP contribution in [0.5, 0.6) is 5.88 Å². The Labute approximate surface area is 119 Å². The van der Waals surface area contributed by atoms with Gasteiger partial charge in [-0.25, -0.2) is 4.98 Å². The molecule has 0 aliphatic carbocycles. The van der Waals surface area contributed by atoms with Crippen LogP contribution in [-0.2, 0) is 10.2 Å². The van der Waals surface area contributed by atoms with Gasteiger partial charge in [-0.1, -0.05) is 32.4 Å². The Hall–Kier alpha value is -0.870. The molecular weight excluding hydrogens is 264 g/mol. The smallest absolute Gasteiger partial charge is 0.221 e. The van der Waals surface area contributed by atoms with Crippen molar-refractivity contribution in [1.29, 1.82) is 0 Å². The van der Waals surface area contributed by atoms with Gasteiger partial charge in [0.1, 0.15) is 17.1 Å². The van der Waals surface area contributed by atoms with Crippen molar-refractivity contribution in [3.63, 3.8) is 0 Å². The SMILES string of the molecule is Cc1c(Cl)nc(C(C)(C)C)nc1OC1CCOCC1. The zero-order valence-corrected chi connectivity index (χ0v) is 12.8. The maximum absolute atomic E-state index is 6.19. The lowest BCUT2D eigenvalue weighted by Crippen LogP contribution is -2.27. The second-order valence-electron chi connectivity index (χ2n) is 5.95. The Morgan fingerprint density at radius 3 is 2.42 bits per heavy atom. The second kappa shape index (κ2) is 5.63. The summed E-state index contributed by atoms with van der Waals surface area (Å²) in [5, 5.41) is 0.474. The monoisotopic (exact) mass is 284 g/mol. The van der Waals surface area contributed by atoms with E-state index in [1.165, 1.54) is 0 Å². The van der Waals surface area contributed by atoms with Gasteiger partial charge in [0.25, 0.3) is 0 Å². The van der Waals surface area contributed by atoms with Crippen molar-refractivity contribution in [2.45, 2.75) is 52.1 Å². The van der Waals surface area contributed by atoms with E-state index in [0.29, 0.717) is 16.9 Å². The minimum Gasteiger partial charge on any atom is -0.474 e. The first-order chi connectivity index (χ1) is 8.88. The Morgan fingerprint density at radius 1 is 1.21 bits per heavy atom. The van der Waals surface area contributed by atoms with E-state index in [1.54, 1.807) is 0 Å². The highest BCUT2D eigenvalue weighted by molar-refractivity contribution is 6.30. The third-order valence-corrected chi connectivity index (χ3v) is 3.53. The molecule has 0 N–H and O–H groups in total. The summed E-state index contributed by atoms with van der Waals surface area (Å²) >= 11 is 6.19.